The van der Waals surface area contributed by atoms with Crippen molar-refractivity contribution in [2.75, 3.05) is 12.4 Å². The molecule has 1 aliphatic rings. The summed E-state index contributed by atoms with van der Waals surface area (Å²) < 4.78 is 4.82. The first-order chi connectivity index (χ1) is 11.2. The summed E-state index contributed by atoms with van der Waals surface area (Å²) in [6.45, 7) is 0.563. The summed E-state index contributed by atoms with van der Waals surface area (Å²) in [7, 11) is 1.39. The number of hydrogen-bond donors (Lipinski definition) is 1. The molecule has 1 heterocycles. The lowest BCUT2D eigenvalue weighted by Gasteiger charge is -2.10. The largest absolute Gasteiger partial charge is 0.465 e. The Morgan fingerprint density at radius 2 is 2.04 bits per heavy atom. The average molecular weight is 307 g/mol. The van der Waals surface area contributed by atoms with Crippen LogP contribution < -0.4 is 5.32 Å². The Morgan fingerprint density at radius 1 is 1.30 bits per heavy atom. The van der Waals surface area contributed by atoms with Gasteiger partial charge in [-0.05, 0) is 49.2 Å². The number of benzene rings is 1. The molecule has 0 atom stereocenters. The van der Waals surface area contributed by atoms with E-state index in [9.17, 15) is 4.79 Å². The zero-order valence-electron chi connectivity index (χ0n) is 12.9. The molecule has 0 bridgehead atoms. The third-order valence-corrected chi connectivity index (χ3v) is 3.84. The van der Waals surface area contributed by atoms with Crippen LogP contribution in [0.25, 0.3) is 0 Å². The highest BCUT2D eigenvalue weighted by Gasteiger charge is 2.30. The maximum absolute atomic E-state index is 11.8. The average Bonchev–Trinajstić information content (AvgIpc) is 3.44. The SMILES string of the molecule is COC(=O)c1ccc(CNc2ccc(C#N)cc2)nc1C1CC1. The molecule has 0 saturated heterocycles. The summed E-state index contributed by atoms with van der Waals surface area (Å²) in [5.74, 6) is 0.0463. The van der Waals surface area contributed by atoms with Crippen molar-refractivity contribution in [2.24, 2.45) is 0 Å². The molecule has 0 aliphatic heterocycles. The summed E-state index contributed by atoms with van der Waals surface area (Å²) >= 11 is 0. The van der Waals surface area contributed by atoms with Gasteiger partial charge in [0.15, 0.2) is 0 Å². The van der Waals surface area contributed by atoms with Crippen molar-refractivity contribution in [3.8, 4) is 6.07 Å². The number of nitrogens with one attached hydrogen (secondary N) is 1. The minimum absolute atomic E-state index is 0.328. The van der Waals surface area contributed by atoms with Gasteiger partial charge in [-0.2, -0.15) is 5.26 Å². The van der Waals surface area contributed by atoms with E-state index in [2.05, 4.69) is 16.4 Å². The number of carbonyl (C=O) groups is 1. The summed E-state index contributed by atoms with van der Waals surface area (Å²) in [5, 5.41) is 12.1. The van der Waals surface area contributed by atoms with Crippen LogP contribution in [0.15, 0.2) is 36.4 Å². The molecule has 1 fully saturated rings. The van der Waals surface area contributed by atoms with Gasteiger partial charge in [-0.15, -0.1) is 0 Å². The molecule has 0 radical (unpaired) electrons. The summed E-state index contributed by atoms with van der Waals surface area (Å²) in [6, 6.07) is 13.0. The van der Waals surface area contributed by atoms with E-state index in [-0.39, 0.29) is 5.97 Å². The molecule has 1 saturated carbocycles. The molecule has 3 rings (SSSR count). The van der Waals surface area contributed by atoms with E-state index >= 15 is 0 Å². The van der Waals surface area contributed by atoms with Crippen LogP contribution in [0.4, 0.5) is 5.69 Å². The van der Waals surface area contributed by atoms with Gasteiger partial charge in [-0.3, -0.25) is 4.98 Å². The molecule has 5 heteroatoms. The first kappa shape index (κ1) is 15.0. The van der Waals surface area contributed by atoms with E-state index in [1.165, 1.54) is 7.11 Å². The lowest BCUT2D eigenvalue weighted by atomic mass is 10.1. The predicted octanol–water partition coefficient (Wildman–Crippen LogP) is 3.23. The van der Waals surface area contributed by atoms with Gasteiger partial charge in [0.05, 0.1) is 42.2 Å². The summed E-state index contributed by atoms with van der Waals surface area (Å²) in [4.78, 5) is 16.5. The molecular formula is C18H17N3O2. The number of hydrogen-bond acceptors (Lipinski definition) is 5. The Balaban J connectivity index is 1.74. The number of anilines is 1. The summed E-state index contributed by atoms with van der Waals surface area (Å²) in [5.41, 5.74) is 3.85. The lowest BCUT2D eigenvalue weighted by molar-refractivity contribution is 0.0599. The number of rotatable bonds is 5. The van der Waals surface area contributed by atoms with Gasteiger partial charge in [-0.25, -0.2) is 4.79 Å². The van der Waals surface area contributed by atoms with Gasteiger partial charge >= 0.3 is 5.97 Å². The second-order valence-corrected chi connectivity index (χ2v) is 5.54. The van der Waals surface area contributed by atoms with Crippen LogP contribution in [0.5, 0.6) is 0 Å². The second-order valence-electron chi connectivity index (χ2n) is 5.54. The number of nitrogens with zero attached hydrogens (tertiary/aromatic N) is 2. The van der Waals surface area contributed by atoms with Crippen molar-refractivity contribution >= 4 is 11.7 Å². The van der Waals surface area contributed by atoms with Crippen LogP contribution in [-0.2, 0) is 11.3 Å². The van der Waals surface area contributed by atoms with Gasteiger partial charge in [0.25, 0.3) is 0 Å². The first-order valence-electron chi connectivity index (χ1n) is 7.53. The molecule has 116 valence electrons. The zero-order valence-corrected chi connectivity index (χ0v) is 12.9. The van der Waals surface area contributed by atoms with Crippen molar-refractivity contribution in [1.29, 1.82) is 5.26 Å². The van der Waals surface area contributed by atoms with E-state index in [1.807, 2.05) is 18.2 Å². The Morgan fingerprint density at radius 3 is 2.65 bits per heavy atom. The van der Waals surface area contributed by atoms with Crippen LogP contribution in [0.3, 0.4) is 0 Å². The van der Waals surface area contributed by atoms with Crippen molar-refractivity contribution in [3.63, 3.8) is 0 Å². The molecule has 0 spiro atoms. The molecule has 0 amide bonds. The van der Waals surface area contributed by atoms with Crippen molar-refractivity contribution in [3.05, 3.63) is 58.9 Å². The molecule has 0 unspecified atom stereocenters. The molecule has 5 nitrogen and oxygen atoms in total. The van der Waals surface area contributed by atoms with Gasteiger partial charge < -0.3 is 10.1 Å². The number of pyridine rings is 1. The fraction of sp³-hybridized carbons (Fsp3) is 0.278. The highest BCUT2D eigenvalue weighted by atomic mass is 16.5. The predicted molar refractivity (Wildman–Crippen MR) is 86.0 cm³/mol. The van der Waals surface area contributed by atoms with E-state index in [0.717, 1.165) is 29.9 Å². The van der Waals surface area contributed by atoms with Crippen LogP contribution >= 0.6 is 0 Å². The second kappa shape index (κ2) is 6.49. The van der Waals surface area contributed by atoms with Crippen molar-refractivity contribution in [2.45, 2.75) is 25.3 Å². The Labute approximate surface area is 134 Å². The highest BCUT2D eigenvalue weighted by Crippen LogP contribution is 2.40. The van der Waals surface area contributed by atoms with E-state index < -0.39 is 0 Å². The number of ether oxygens (including phenoxy) is 1. The van der Waals surface area contributed by atoms with E-state index in [0.29, 0.717) is 23.6 Å². The van der Waals surface area contributed by atoms with Crippen molar-refractivity contribution in [1.82, 2.24) is 4.98 Å². The Kier molecular flexibility index (Phi) is 4.24. The highest BCUT2D eigenvalue weighted by molar-refractivity contribution is 5.90. The molecular weight excluding hydrogens is 290 g/mol. The van der Waals surface area contributed by atoms with Gasteiger partial charge in [0.2, 0.25) is 0 Å². The molecule has 23 heavy (non-hydrogen) atoms. The number of methoxy groups -OCH3 is 1. The minimum atomic E-state index is -0.328. The van der Waals surface area contributed by atoms with Gasteiger partial charge in [0.1, 0.15) is 0 Å². The standard InChI is InChI=1S/C18H17N3O2/c1-23-18(22)16-9-8-15(21-17(16)13-4-5-13)11-20-14-6-2-12(10-19)3-7-14/h2-3,6-9,13,20H,4-5,11H2,1H3. The molecule has 1 aromatic carbocycles. The van der Waals surface area contributed by atoms with Crippen LogP contribution in [-0.4, -0.2) is 18.1 Å². The summed E-state index contributed by atoms with van der Waals surface area (Å²) in [6.07, 6.45) is 2.15. The maximum Gasteiger partial charge on any atom is 0.339 e. The van der Waals surface area contributed by atoms with E-state index in [4.69, 9.17) is 10.00 Å². The van der Waals surface area contributed by atoms with Crippen molar-refractivity contribution < 1.29 is 9.53 Å². The topological polar surface area (TPSA) is 75.0 Å². The molecule has 2 aromatic rings. The fourth-order valence-corrected chi connectivity index (χ4v) is 2.42. The van der Waals surface area contributed by atoms with Crippen LogP contribution in [0.1, 0.15) is 46.1 Å². The smallest absolute Gasteiger partial charge is 0.339 e. The number of esters is 1. The molecule has 1 aromatic heterocycles. The fourth-order valence-electron chi connectivity index (χ4n) is 2.42. The third-order valence-electron chi connectivity index (χ3n) is 3.84. The monoisotopic (exact) mass is 307 g/mol. The maximum atomic E-state index is 11.8. The third kappa shape index (κ3) is 3.49. The molecule has 1 aliphatic carbocycles. The Bertz CT molecular complexity index is 759. The van der Waals surface area contributed by atoms with Crippen LogP contribution in [0.2, 0.25) is 0 Å². The lowest BCUT2D eigenvalue weighted by Crippen LogP contribution is -2.10. The zero-order chi connectivity index (χ0) is 16.2. The quantitative estimate of drug-likeness (QED) is 0.858. The van der Waals surface area contributed by atoms with Gasteiger partial charge in [-0.1, -0.05) is 0 Å². The minimum Gasteiger partial charge on any atom is -0.465 e. The number of aromatic nitrogens is 1. The van der Waals surface area contributed by atoms with E-state index in [1.54, 1.807) is 18.2 Å². The normalized spacial score (nSPS) is 13.2. The number of carbonyl (C=O) groups excluding carboxylic acids is 1. The number of nitriles is 1. The Hall–Kier alpha value is -2.87. The first-order valence-corrected chi connectivity index (χ1v) is 7.53. The molecule has 1 N–H and O–H groups in total. The van der Waals surface area contributed by atoms with Crippen LogP contribution in [0, 0.1) is 11.3 Å². The van der Waals surface area contributed by atoms with Gasteiger partial charge in [0, 0.05) is 11.6 Å².